The number of halogens is 3. The second-order valence-electron chi connectivity index (χ2n) is 5.19. The van der Waals surface area contributed by atoms with Crippen LogP contribution in [0.1, 0.15) is 17.5 Å². The second-order valence-corrected chi connectivity index (χ2v) is 5.19. The van der Waals surface area contributed by atoms with E-state index in [0.717, 1.165) is 18.2 Å². The number of hydrogen-bond donors (Lipinski definition) is 3. The lowest BCUT2D eigenvalue weighted by atomic mass is 10.2. The van der Waals surface area contributed by atoms with Crippen LogP contribution in [-0.2, 0) is 15.8 Å². The predicted molar refractivity (Wildman–Crippen MR) is 88.5 cm³/mol. The molecule has 0 aliphatic heterocycles. The number of carbonyl (C=O) groups is 2. The molecule has 0 heterocycles. The molecule has 0 aromatic heterocycles. The normalized spacial score (nSPS) is 11.3. The van der Waals surface area contributed by atoms with Crippen molar-refractivity contribution < 1.29 is 27.9 Å². The third-order valence-electron chi connectivity index (χ3n) is 3.09. The number of anilines is 1. The van der Waals surface area contributed by atoms with Crippen molar-refractivity contribution in [1.82, 2.24) is 5.43 Å². The van der Waals surface area contributed by atoms with Gasteiger partial charge in [0.25, 0.3) is 0 Å². The van der Waals surface area contributed by atoms with Crippen LogP contribution in [0.2, 0.25) is 0 Å². The minimum Gasteiger partial charge on any atom is -0.508 e. The molecule has 0 spiro atoms. The van der Waals surface area contributed by atoms with Gasteiger partial charge in [0.2, 0.25) is 11.8 Å². The number of phenolic OH excluding ortho intramolecular Hbond substituents is 1. The molecule has 0 atom stereocenters. The van der Waals surface area contributed by atoms with Gasteiger partial charge >= 0.3 is 6.18 Å². The van der Waals surface area contributed by atoms with Gasteiger partial charge in [-0.2, -0.15) is 18.3 Å². The summed E-state index contributed by atoms with van der Waals surface area (Å²) in [5, 5.41) is 15.0. The zero-order valence-electron chi connectivity index (χ0n) is 13.2. The van der Waals surface area contributed by atoms with E-state index in [0.29, 0.717) is 5.56 Å². The Morgan fingerprint density at radius 2 is 1.77 bits per heavy atom. The number of rotatable bonds is 5. The minimum atomic E-state index is -4.53. The molecule has 3 N–H and O–H groups in total. The number of hydrazone groups is 1. The fraction of sp³-hybridized carbons (Fsp3) is 0.118. The number of aromatic hydroxyl groups is 1. The lowest BCUT2D eigenvalue weighted by molar-refractivity contribution is -0.137. The lowest BCUT2D eigenvalue weighted by Crippen LogP contribution is -2.24. The standard InChI is InChI=1S/C17H14F3N3O3/c18-17(19,20)12-2-1-3-13(8-12)22-15(25)9-16(26)23-21-10-11-4-6-14(24)7-5-11/h1-8,10,24H,9H2,(H,22,25)(H,23,26). The Balaban J connectivity index is 1.85. The van der Waals surface area contributed by atoms with Gasteiger partial charge in [0, 0.05) is 5.69 Å². The van der Waals surface area contributed by atoms with Gasteiger partial charge in [0.1, 0.15) is 12.2 Å². The van der Waals surface area contributed by atoms with E-state index in [9.17, 15) is 22.8 Å². The van der Waals surface area contributed by atoms with E-state index in [1.807, 2.05) is 0 Å². The molecule has 0 saturated heterocycles. The van der Waals surface area contributed by atoms with E-state index in [1.165, 1.54) is 24.4 Å². The van der Waals surface area contributed by atoms with Crippen LogP contribution in [0.15, 0.2) is 53.6 Å². The summed E-state index contributed by atoms with van der Waals surface area (Å²) in [5.41, 5.74) is 1.76. The molecule has 26 heavy (non-hydrogen) atoms. The minimum absolute atomic E-state index is 0.0646. The molecule has 2 aromatic rings. The average Bonchev–Trinajstić information content (AvgIpc) is 2.56. The van der Waals surface area contributed by atoms with Gasteiger partial charge in [-0.1, -0.05) is 6.07 Å². The summed E-state index contributed by atoms with van der Waals surface area (Å²) < 4.78 is 37.8. The molecule has 0 bridgehead atoms. The molecule has 2 aromatic carbocycles. The van der Waals surface area contributed by atoms with Gasteiger partial charge in [-0.15, -0.1) is 0 Å². The molecule has 0 unspecified atom stereocenters. The highest BCUT2D eigenvalue weighted by atomic mass is 19.4. The van der Waals surface area contributed by atoms with Gasteiger partial charge in [-0.05, 0) is 48.0 Å². The third kappa shape index (κ3) is 5.93. The van der Waals surface area contributed by atoms with E-state index >= 15 is 0 Å². The third-order valence-corrected chi connectivity index (χ3v) is 3.09. The van der Waals surface area contributed by atoms with Crippen molar-refractivity contribution in [3.8, 4) is 5.75 Å². The molecule has 9 heteroatoms. The number of amides is 2. The monoisotopic (exact) mass is 365 g/mol. The highest BCUT2D eigenvalue weighted by Crippen LogP contribution is 2.30. The molecule has 0 aliphatic carbocycles. The first-order valence-electron chi connectivity index (χ1n) is 7.32. The summed E-state index contributed by atoms with van der Waals surface area (Å²) in [4.78, 5) is 23.3. The first-order chi connectivity index (χ1) is 12.2. The first-order valence-corrected chi connectivity index (χ1v) is 7.32. The lowest BCUT2D eigenvalue weighted by Gasteiger charge is -2.09. The molecule has 2 amide bonds. The van der Waals surface area contributed by atoms with E-state index in [2.05, 4.69) is 15.8 Å². The predicted octanol–water partition coefficient (Wildman–Crippen LogP) is 2.89. The quantitative estimate of drug-likeness (QED) is 0.432. The van der Waals surface area contributed by atoms with Crippen molar-refractivity contribution >= 4 is 23.7 Å². The first kappa shape index (κ1) is 19.0. The highest BCUT2D eigenvalue weighted by molar-refractivity contribution is 6.03. The maximum absolute atomic E-state index is 12.6. The molecule has 2 rings (SSSR count). The highest BCUT2D eigenvalue weighted by Gasteiger charge is 2.30. The summed E-state index contributed by atoms with van der Waals surface area (Å²) in [6.45, 7) is 0. The Kier molecular flexibility index (Phi) is 5.94. The molecule has 6 nitrogen and oxygen atoms in total. The van der Waals surface area contributed by atoms with Gasteiger partial charge in [0.15, 0.2) is 0 Å². The Morgan fingerprint density at radius 1 is 1.08 bits per heavy atom. The van der Waals surface area contributed by atoms with Crippen LogP contribution in [0, 0.1) is 0 Å². The van der Waals surface area contributed by atoms with Crippen molar-refractivity contribution in [1.29, 1.82) is 0 Å². The maximum atomic E-state index is 12.6. The summed E-state index contributed by atoms with van der Waals surface area (Å²) in [5.74, 6) is -1.43. The largest absolute Gasteiger partial charge is 0.508 e. The fourth-order valence-corrected chi connectivity index (χ4v) is 1.90. The summed E-state index contributed by atoms with van der Waals surface area (Å²) in [6, 6.07) is 10.1. The molecule has 0 aliphatic rings. The Labute approximate surface area is 146 Å². The number of phenols is 1. The van der Waals surface area contributed by atoms with Crippen LogP contribution in [0.25, 0.3) is 0 Å². The van der Waals surface area contributed by atoms with E-state index in [4.69, 9.17) is 5.11 Å². The molecular formula is C17H14F3N3O3. The zero-order valence-corrected chi connectivity index (χ0v) is 13.2. The summed E-state index contributed by atoms with van der Waals surface area (Å²) in [6.07, 6.45) is -3.83. The Hall–Kier alpha value is -3.36. The number of hydrogen-bond acceptors (Lipinski definition) is 4. The van der Waals surface area contributed by atoms with Crippen LogP contribution in [0.4, 0.5) is 18.9 Å². The Bertz CT molecular complexity index is 818. The van der Waals surface area contributed by atoms with Gasteiger partial charge in [-0.3, -0.25) is 9.59 Å². The Morgan fingerprint density at radius 3 is 2.42 bits per heavy atom. The van der Waals surface area contributed by atoms with E-state index < -0.39 is 30.0 Å². The number of benzene rings is 2. The van der Waals surface area contributed by atoms with E-state index in [-0.39, 0.29) is 11.4 Å². The smallest absolute Gasteiger partial charge is 0.416 e. The molecule has 0 radical (unpaired) electrons. The van der Waals surface area contributed by atoms with Gasteiger partial charge in [0.05, 0.1) is 11.8 Å². The average molecular weight is 365 g/mol. The topological polar surface area (TPSA) is 90.8 Å². The summed E-state index contributed by atoms with van der Waals surface area (Å²) in [7, 11) is 0. The molecule has 0 saturated carbocycles. The van der Waals surface area contributed by atoms with Crippen LogP contribution >= 0.6 is 0 Å². The van der Waals surface area contributed by atoms with Crippen molar-refractivity contribution in [2.75, 3.05) is 5.32 Å². The second kappa shape index (κ2) is 8.15. The number of alkyl halides is 3. The van der Waals surface area contributed by atoms with Crippen LogP contribution in [0.3, 0.4) is 0 Å². The van der Waals surface area contributed by atoms with Crippen LogP contribution in [0.5, 0.6) is 5.75 Å². The van der Waals surface area contributed by atoms with Gasteiger partial charge < -0.3 is 10.4 Å². The zero-order chi connectivity index (χ0) is 19.2. The molecule has 136 valence electrons. The molecule has 0 fully saturated rings. The summed E-state index contributed by atoms with van der Waals surface area (Å²) >= 11 is 0. The van der Waals surface area contributed by atoms with Crippen molar-refractivity contribution in [2.45, 2.75) is 12.6 Å². The van der Waals surface area contributed by atoms with Crippen LogP contribution < -0.4 is 10.7 Å². The molecular weight excluding hydrogens is 351 g/mol. The van der Waals surface area contributed by atoms with Crippen molar-refractivity contribution in [3.05, 3.63) is 59.7 Å². The van der Waals surface area contributed by atoms with Gasteiger partial charge in [-0.25, -0.2) is 5.43 Å². The van der Waals surface area contributed by atoms with Crippen molar-refractivity contribution in [2.24, 2.45) is 5.10 Å². The SMILES string of the molecule is O=C(CC(=O)Nc1cccc(C(F)(F)F)c1)NN=Cc1ccc(O)cc1. The number of nitrogens with zero attached hydrogens (tertiary/aromatic N) is 1. The fourth-order valence-electron chi connectivity index (χ4n) is 1.90. The number of carbonyl (C=O) groups excluding carboxylic acids is 2. The van der Waals surface area contributed by atoms with Crippen molar-refractivity contribution in [3.63, 3.8) is 0 Å². The van der Waals surface area contributed by atoms with E-state index in [1.54, 1.807) is 12.1 Å². The van der Waals surface area contributed by atoms with Crippen LogP contribution in [-0.4, -0.2) is 23.1 Å². The number of nitrogens with one attached hydrogen (secondary N) is 2. The maximum Gasteiger partial charge on any atom is 0.416 e.